The van der Waals surface area contributed by atoms with E-state index in [1.54, 1.807) is 20.8 Å². The normalized spacial score (nSPS) is 13.0. The highest BCUT2D eigenvalue weighted by Gasteiger charge is 2.20. The van der Waals surface area contributed by atoms with Gasteiger partial charge < -0.3 is 0 Å². The van der Waals surface area contributed by atoms with Crippen molar-refractivity contribution in [1.29, 1.82) is 0 Å². The van der Waals surface area contributed by atoms with E-state index in [1.807, 2.05) is 0 Å². The van der Waals surface area contributed by atoms with Gasteiger partial charge in [-0.2, -0.15) is 5.21 Å². The number of aromatic amines is 1. The fraction of sp³-hybridized carbons (Fsp3) is 0.833. The van der Waals surface area contributed by atoms with Gasteiger partial charge in [-0.3, -0.25) is 0 Å². The molecule has 0 unspecified atom stereocenters. The van der Waals surface area contributed by atoms with E-state index in [1.165, 1.54) is 4.68 Å². The second kappa shape index (κ2) is 3.99. The second-order valence-electron chi connectivity index (χ2n) is 4.11. The van der Waals surface area contributed by atoms with Gasteiger partial charge in [0, 0.05) is 5.54 Å². The highest BCUT2D eigenvalue weighted by Crippen LogP contribution is 2.03. The average Bonchev–Trinajstić information content (AvgIpc) is 2.29. The number of H-pyrrole nitrogens is 1. The Kier molecular flexibility index (Phi) is 3.26. The molecule has 0 fully saturated rings. The van der Waals surface area contributed by atoms with Crippen LogP contribution in [0.5, 0.6) is 0 Å². The molecule has 0 radical (unpaired) electrons. The minimum Gasteiger partial charge on any atom is -0.226 e. The number of nitrogens with zero attached hydrogens (tertiary/aromatic N) is 3. The van der Waals surface area contributed by atoms with Gasteiger partial charge in [0.1, 0.15) is 0 Å². The third kappa shape index (κ3) is 4.06. The SMILES string of the molecule is CC(C)(C)NS(=O)(=O)Cn1[nH]nnc1=S. The monoisotopic (exact) mass is 251 g/mol. The van der Waals surface area contributed by atoms with E-state index in [0.717, 1.165) is 0 Å². The maximum absolute atomic E-state index is 11.6. The summed E-state index contributed by atoms with van der Waals surface area (Å²) in [6, 6.07) is 0. The molecule has 0 atom stereocenters. The predicted molar refractivity (Wildman–Crippen MR) is 57.0 cm³/mol. The summed E-state index contributed by atoms with van der Waals surface area (Å²) in [7, 11) is -3.45. The van der Waals surface area contributed by atoms with Crippen molar-refractivity contribution >= 4 is 22.2 Å². The lowest BCUT2D eigenvalue weighted by atomic mass is 10.1. The molecule has 0 bridgehead atoms. The number of rotatable bonds is 3. The molecular formula is C6H13N5O2S2. The highest BCUT2D eigenvalue weighted by molar-refractivity contribution is 7.88. The summed E-state index contributed by atoms with van der Waals surface area (Å²) in [5.74, 6) is -0.309. The first-order chi connectivity index (χ1) is 6.70. The first kappa shape index (κ1) is 12.3. The molecule has 0 saturated heterocycles. The van der Waals surface area contributed by atoms with E-state index < -0.39 is 15.6 Å². The number of nitrogens with one attached hydrogen (secondary N) is 2. The molecule has 0 aliphatic heterocycles. The number of hydrogen-bond donors (Lipinski definition) is 2. The van der Waals surface area contributed by atoms with Gasteiger partial charge in [-0.05, 0) is 33.0 Å². The standard InChI is InChI=1S/C6H13N5O2S2/c1-6(2,3)8-15(12,13)4-11-5(14)7-9-10-11/h8H,4H2,1-3H3,(H,7,10,14). The molecular weight excluding hydrogens is 238 g/mol. The molecule has 1 aromatic rings. The first-order valence-corrected chi connectivity index (χ1v) is 6.25. The third-order valence-electron chi connectivity index (χ3n) is 1.29. The minimum absolute atomic E-state index is 0.106. The minimum atomic E-state index is -3.45. The molecule has 1 heterocycles. The Labute approximate surface area is 92.9 Å². The number of hydrogen-bond acceptors (Lipinski definition) is 5. The topological polar surface area (TPSA) is 92.7 Å². The van der Waals surface area contributed by atoms with Crippen LogP contribution < -0.4 is 4.72 Å². The van der Waals surface area contributed by atoms with Gasteiger partial charge in [0.25, 0.3) is 0 Å². The van der Waals surface area contributed by atoms with Gasteiger partial charge in [0.2, 0.25) is 14.8 Å². The van der Waals surface area contributed by atoms with Gasteiger partial charge in [-0.1, -0.05) is 10.3 Å². The Balaban J connectivity index is 2.83. The largest absolute Gasteiger partial charge is 0.239 e. The first-order valence-electron chi connectivity index (χ1n) is 4.19. The summed E-state index contributed by atoms with van der Waals surface area (Å²) in [6.07, 6.45) is 0. The van der Waals surface area contributed by atoms with E-state index in [0.29, 0.717) is 0 Å². The second-order valence-corrected chi connectivity index (χ2v) is 6.16. The van der Waals surface area contributed by atoms with Crippen LogP contribution in [0.15, 0.2) is 0 Å². The van der Waals surface area contributed by atoms with Crippen molar-refractivity contribution in [2.24, 2.45) is 0 Å². The van der Waals surface area contributed by atoms with Crippen LogP contribution in [-0.4, -0.2) is 34.2 Å². The molecule has 0 aromatic carbocycles. The smallest absolute Gasteiger partial charge is 0.226 e. The molecule has 0 aliphatic carbocycles. The zero-order valence-electron chi connectivity index (χ0n) is 8.68. The van der Waals surface area contributed by atoms with E-state index in [9.17, 15) is 8.42 Å². The van der Waals surface area contributed by atoms with Gasteiger partial charge >= 0.3 is 0 Å². The van der Waals surface area contributed by atoms with Gasteiger partial charge in [-0.15, -0.1) is 0 Å². The van der Waals surface area contributed by atoms with E-state index in [2.05, 4.69) is 20.2 Å². The summed E-state index contributed by atoms with van der Waals surface area (Å²) in [6.45, 7) is 5.28. The van der Waals surface area contributed by atoms with Crippen molar-refractivity contribution in [3.8, 4) is 0 Å². The van der Waals surface area contributed by atoms with Crippen LogP contribution in [0.25, 0.3) is 0 Å². The van der Waals surface area contributed by atoms with Crippen molar-refractivity contribution in [3.05, 3.63) is 4.77 Å². The predicted octanol–water partition coefficient (Wildman–Crippen LogP) is 0.0111. The lowest BCUT2D eigenvalue weighted by Gasteiger charge is -2.20. The summed E-state index contributed by atoms with van der Waals surface area (Å²) in [5, 5.41) is 9.25. The molecule has 15 heavy (non-hydrogen) atoms. The van der Waals surface area contributed by atoms with Crippen LogP contribution in [0.4, 0.5) is 0 Å². The summed E-state index contributed by atoms with van der Waals surface area (Å²) < 4.78 is 27.0. The fourth-order valence-electron chi connectivity index (χ4n) is 0.969. The molecule has 0 saturated carbocycles. The Morgan fingerprint density at radius 1 is 1.53 bits per heavy atom. The number of sulfonamides is 1. The summed E-state index contributed by atoms with van der Waals surface area (Å²) in [5.41, 5.74) is -0.519. The zero-order valence-corrected chi connectivity index (χ0v) is 10.3. The quantitative estimate of drug-likeness (QED) is 0.738. The maximum atomic E-state index is 11.6. The Morgan fingerprint density at radius 2 is 2.13 bits per heavy atom. The lowest BCUT2D eigenvalue weighted by Crippen LogP contribution is -2.42. The van der Waals surface area contributed by atoms with Crippen molar-refractivity contribution < 1.29 is 8.42 Å². The van der Waals surface area contributed by atoms with Crippen LogP contribution in [-0.2, 0) is 15.9 Å². The summed E-state index contributed by atoms with van der Waals surface area (Å²) >= 11 is 4.76. The van der Waals surface area contributed by atoms with Crippen molar-refractivity contribution in [2.75, 3.05) is 0 Å². The molecule has 2 N–H and O–H groups in total. The molecule has 0 spiro atoms. The van der Waals surface area contributed by atoms with E-state index >= 15 is 0 Å². The van der Waals surface area contributed by atoms with Crippen LogP contribution in [0.1, 0.15) is 20.8 Å². The zero-order chi connectivity index (χ0) is 11.7. The molecule has 9 heteroatoms. The average molecular weight is 251 g/mol. The lowest BCUT2D eigenvalue weighted by molar-refractivity contribution is 0.481. The molecule has 0 aliphatic rings. The fourth-order valence-corrected chi connectivity index (χ4v) is 2.71. The van der Waals surface area contributed by atoms with Crippen molar-refractivity contribution in [2.45, 2.75) is 32.2 Å². The van der Waals surface area contributed by atoms with Gasteiger partial charge in [0.05, 0.1) is 0 Å². The Bertz CT molecular complexity index is 480. The van der Waals surface area contributed by atoms with Crippen LogP contribution in [0.3, 0.4) is 0 Å². The van der Waals surface area contributed by atoms with Gasteiger partial charge in [0.15, 0.2) is 5.88 Å². The Morgan fingerprint density at radius 3 is 2.53 bits per heavy atom. The Hall–Kier alpha value is -0.800. The van der Waals surface area contributed by atoms with Crippen LogP contribution in [0, 0.1) is 4.77 Å². The van der Waals surface area contributed by atoms with Crippen LogP contribution >= 0.6 is 12.2 Å². The highest BCUT2D eigenvalue weighted by atomic mass is 32.2. The summed E-state index contributed by atoms with van der Waals surface area (Å²) in [4.78, 5) is 0. The van der Waals surface area contributed by atoms with Crippen LogP contribution in [0.2, 0.25) is 0 Å². The van der Waals surface area contributed by atoms with E-state index in [-0.39, 0.29) is 10.6 Å². The third-order valence-corrected chi connectivity index (χ3v) is 3.12. The van der Waals surface area contributed by atoms with Crippen molar-refractivity contribution in [1.82, 2.24) is 24.9 Å². The molecule has 1 aromatic heterocycles. The molecule has 86 valence electrons. The van der Waals surface area contributed by atoms with E-state index in [4.69, 9.17) is 12.2 Å². The molecule has 1 rings (SSSR count). The number of aromatic nitrogens is 4. The number of tetrazole rings is 1. The van der Waals surface area contributed by atoms with Gasteiger partial charge in [-0.25, -0.2) is 17.8 Å². The van der Waals surface area contributed by atoms with Crippen molar-refractivity contribution in [3.63, 3.8) is 0 Å². The molecule has 0 amide bonds. The molecule has 7 nitrogen and oxygen atoms in total. The maximum Gasteiger partial charge on any atom is 0.239 e.